The first-order valence-electron chi connectivity index (χ1n) is 5.94. The van der Waals surface area contributed by atoms with E-state index in [1.165, 1.54) is 4.88 Å². The molecule has 0 saturated carbocycles. The lowest BCUT2D eigenvalue weighted by Gasteiger charge is -2.16. The number of halogens is 1. The number of aromatic hydroxyl groups is 1. The Kier molecular flexibility index (Phi) is 4.85. The topological polar surface area (TPSA) is 41.5 Å². The van der Waals surface area contributed by atoms with Crippen LogP contribution in [-0.2, 0) is 6.54 Å². The van der Waals surface area contributed by atoms with Crippen LogP contribution in [0.4, 0.5) is 0 Å². The minimum Gasteiger partial charge on any atom is -0.508 e. The lowest BCUT2D eigenvalue weighted by atomic mass is 10.1. The lowest BCUT2D eigenvalue weighted by molar-refractivity contribution is 0.407. The number of phenols is 1. The van der Waals surface area contributed by atoms with Gasteiger partial charge in [0.1, 0.15) is 11.5 Å². The van der Waals surface area contributed by atoms with E-state index in [2.05, 4.69) is 26.6 Å². The molecule has 0 amide bonds. The van der Waals surface area contributed by atoms with Gasteiger partial charge >= 0.3 is 0 Å². The maximum atomic E-state index is 9.91. The molecule has 1 aromatic heterocycles. The van der Waals surface area contributed by atoms with Crippen molar-refractivity contribution in [2.24, 2.45) is 0 Å². The van der Waals surface area contributed by atoms with Gasteiger partial charge in [-0.25, -0.2) is 0 Å². The van der Waals surface area contributed by atoms with Gasteiger partial charge in [-0.3, -0.25) is 0 Å². The second-order valence-corrected chi connectivity index (χ2v) is 6.07. The van der Waals surface area contributed by atoms with E-state index in [9.17, 15) is 5.11 Å². The van der Waals surface area contributed by atoms with Crippen molar-refractivity contribution in [3.05, 3.63) is 44.6 Å². The number of hydrogen-bond acceptors (Lipinski definition) is 4. The highest BCUT2D eigenvalue weighted by molar-refractivity contribution is 9.10. The number of methoxy groups -OCH3 is 1. The normalized spacial score (nSPS) is 12.4. The molecule has 1 unspecified atom stereocenters. The van der Waals surface area contributed by atoms with Gasteiger partial charge in [0, 0.05) is 27.5 Å². The molecule has 5 heteroatoms. The Hall–Kier alpha value is -1.04. The number of benzene rings is 1. The van der Waals surface area contributed by atoms with E-state index < -0.39 is 0 Å². The molecule has 0 saturated heterocycles. The van der Waals surface area contributed by atoms with Crippen LogP contribution in [0, 0.1) is 0 Å². The van der Waals surface area contributed by atoms with E-state index in [0.717, 1.165) is 22.3 Å². The van der Waals surface area contributed by atoms with Gasteiger partial charge in [-0.15, -0.1) is 11.3 Å². The molecule has 1 heterocycles. The second kappa shape index (κ2) is 6.41. The number of nitrogens with one attached hydrogen (secondary N) is 1. The zero-order chi connectivity index (χ0) is 13.8. The van der Waals surface area contributed by atoms with Crippen LogP contribution >= 0.6 is 27.3 Å². The minimum atomic E-state index is 0.0455. The summed E-state index contributed by atoms with van der Waals surface area (Å²) >= 11 is 5.21. The Morgan fingerprint density at radius 2 is 2.21 bits per heavy atom. The summed E-state index contributed by atoms with van der Waals surface area (Å²) in [6, 6.07) is 7.35. The van der Waals surface area contributed by atoms with Gasteiger partial charge in [0.15, 0.2) is 0 Å². The maximum absolute atomic E-state index is 9.91. The molecule has 3 nitrogen and oxygen atoms in total. The smallest absolute Gasteiger partial charge is 0.120 e. The van der Waals surface area contributed by atoms with E-state index in [1.54, 1.807) is 30.6 Å². The van der Waals surface area contributed by atoms with Gasteiger partial charge in [0.05, 0.1) is 7.11 Å². The van der Waals surface area contributed by atoms with Crippen LogP contribution < -0.4 is 10.1 Å². The maximum Gasteiger partial charge on any atom is 0.120 e. The Morgan fingerprint density at radius 3 is 2.84 bits per heavy atom. The highest BCUT2D eigenvalue weighted by Crippen LogP contribution is 2.29. The second-order valence-electron chi connectivity index (χ2n) is 4.22. The van der Waals surface area contributed by atoms with Gasteiger partial charge < -0.3 is 15.2 Å². The third-order valence-corrected chi connectivity index (χ3v) is 4.89. The van der Waals surface area contributed by atoms with Gasteiger partial charge in [0.2, 0.25) is 0 Å². The predicted octanol–water partition coefficient (Wildman–Crippen LogP) is 4.08. The first kappa shape index (κ1) is 14.4. The zero-order valence-corrected chi connectivity index (χ0v) is 13.2. The van der Waals surface area contributed by atoms with E-state index >= 15 is 0 Å². The van der Waals surface area contributed by atoms with Crippen molar-refractivity contribution in [2.75, 3.05) is 7.11 Å². The molecule has 0 aliphatic heterocycles. The molecular formula is C14H16BrNO2S. The molecular weight excluding hydrogens is 326 g/mol. The predicted molar refractivity (Wildman–Crippen MR) is 81.9 cm³/mol. The largest absolute Gasteiger partial charge is 0.508 e. The molecule has 1 aromatic carbocycles. The molecule has 0 bridgehead atoms. The Balaban J connectivity index is 2.07. The highest BCUT2D eigenvalue weighted by Gasteiger charge is 2.12. The van der Waals surface area contributed by atoms with Crippen LogP contribution in [0.15, 0.2) is 34.1 Å². The van der Waals surface area contributed by atoms with E-state index in [4.69, 9.17) is 4.74 Å². The van der Waals surface area contributed by atoms with Crippen molar-refractivity contribution in [3.63, 3.8) is 0 Å². The third-order valence-electron chi connectivity index (χ3n) is 2.96. The molecule has 2 rings (SSSR count). The van der Waals surface area contributed by atoms with Crippen LogP contribution in [-0.4, -0.2) is 12.2 Å². The minimum absolute atomic E-state index is 0.0455. The molecule has 102 valence electrons. The molecule has 0 fully saturated rings. The lowest BCUT2D eigenvalue weighted by Crippen LogP contribution is -2.17. The van der Waals surface area contributed by atoms with Crippen LogP contribution in [0.2, 0.25) is 0 Å². The summed E-state index contributed by atoms with van der Waals surface area (Å²) < 4.78 is 6.30. The summed E-state index contributed by atoms with van der Waals surface area (Å²) in [6.07, 6.45) is 0. The molecule has 2 N–H and O–H groups in total. The van der Waals surface area contributed by atoms with Crippen molar-refractivity contribution < 1.29 is 9.84 Å². The quantitative estimate of drug-likeness (QED) is 0.860. The molecule has 0 radical (unpaired) electrons. The number of rotatable bonds is 5. The first-order chi connectivity index (χ1) is 9.11. The Bertz CT molecular complexity index is 556. The fraction of sp³-hybridized carbons (Fsp3) is 0.286. The molecule has 1 atom stereocenters. The first-order valence-corrected chi connectivity index (χ1v) is 7.61. The molecule has 2 aromatic rings. The van der Waals surface area contributed by atoms with E-state index in [-0.39, 0.29) is 11.8 Å². The average Bonchev–Trinajstić information content (AvgIpc) is 2.82. The van der Waals surface area contributed by atoms with Crippen LogP contribution in [0.25, 0.3) is 0 Å². The summed E-state index contributed by atoms with van der Waals surface area (Å²) in [5, 5.41) is 15.4. The number of phenolic OH excluding ortho intramolecular Hbond substituents is 1. The van der Waals surface area contributed by atoms with Crippen LogP contribution in [0.1, 0.15) is 23.4 Å². The van der Waals surface area contributed by atoms with Gasteiger partial charge in [-0.2, -0.15) is 0 Å². The van der Waals surface area contributed by atoms with Crippen molar-refractivity contribution in [1.29, 1.82) is 0 Å². The third kappa shape index (κ3) is 3.49. The Labute approximate surface area is 125 Å². The molecule has 0 aliphatic rings. The van der Waals surface area contributed by atoms with E-state index in [0.29, 0.717) is 0 Å². The standard InChI is InChI=1S/C14H16BrNO2S/c1-9(16-8-14-12(15)5-6-19-14)11-7-10(18-2)3-4-13(11)17/h3-7,9,16-17H,8H2,1-2H3. The van der Waals surface area contributed by atoms with Gasteiger partial charge in [-0.05, 0) is 52.5 Å². The number of hydrogen-bond donors (Lipinski definition) is 2. The molecule has 0 aliphatic carbocycles. The van der Waals surface area contributed by atoms with Gasteiger partial charge in [-0.1, -0.05) is 0 Å². The molecule has 19 heavy (non-hydrogen) atoms. The summed E-state index contributed by atoms with van der Waals surface area (Å²) in [4.78, 5) is 1.24. The van der Waals surface area contributed by atoms with Crippen molar-refractivity contribution >= 4 is 27.3 Å². The van der Waals surface area contributed by atoms with Gasteiger partial charge in [0.25, 0.3) is 0 Å². The van der Waals surface area contributed by atoms with Crippen molar-refractivity contribution in [2.45, 2.75) is 19.5 Å². The average molecular weight is 342 g/mol. The van der Waals surface area contributed by atoms with Crippen LogP contribution in [0.3, 0.4) is 0 Å². The van der Waals surface area contributed by atoms with Crippen molar-refractivity contribution in [3.8, 4) is 11.5 Å². The Morgan fingerprint density at radius 1 is 1.42 bits per heavy atom. The summed E-state index contributed by atoms with van der Waals surface area (Å²) in [6.45, 7) is 2.78. The fourth-order valence-electron chi connectivity index (χ4n) is 1.81. The number of thiophene rings is 1. The van der Waals surface area contributed by atoms with Crippen molar-refractivity contribution in [1.82, 2.24) is 5.32 Å². The molecule has 0 spiro atoms. The summed E-state index contributed by atoms with van der Waals surface area (Å²) in [5.74, 6) is 1.03. The monoisotopic (exact) mass is 341 g/mol. The SMILES string of the molecule is COc1ccc(O)c(C(C)NCc2sccc2Br)c1. The van der Waals surface area contributed by atoms with E-state index in [1.807, 2.05) is 19.1 Å². The fourth-order valence-corrected chi connectivity index (χ4v) is 3.26. The van der Waals surface area contributed by atoms with Crippen LogP contribution in [0.5, 0.6) is 11.5 Å². The summed E-state index contributed by atoms with van der Waals surface area (Å²) in [5.41, 5.74) is 0.840. The number of ether oxygens (including phenoxy) is 1. The summed E-state index contributed by atoms with van der Waals surface area (Å²) in [7, 11) is 1.62. The zero-order valence-electron chi connectivity index (χ0n) is 10.8. The highest BCUT2D eigenvalue weighted by atomic mass is 79.9.